The topological polar surface area (TPSA) is 52.6 Å². The SMILES string of the molecule is CC1CCC(COc2ccc(S(=O)(=O)Cl)cc2F)O1. The Bertz CT molecular complexity index is 561. The molecule has 0 N–H and O–H groups in total. The first-order valence-corrected chi connectivity index (χ1v) is 8.19. The summed E-state index contributed by atoms with van der Waals surface area (Å²) in [6.07, 6.45) is 1.98. The predicted molar refractivity (Wildman–Crippen MR) is 68.5 cm³/mol. The lowest BCUT2D eigenvalue weighted by Gasteiger charge is -2.13. The third kappa shape index (κ3) is 3.81. The van der Waals surface area contributed by atoms with E-state index in [1.165, 1.54) is 12.1 Å². The highest BCUT2D eigenvalue weighted by molar-refractivity contribution is 8.13. The van der Waals surface area contributed by atoms with Crippen LogP contribution in [0, 0.1) is 5.82 Å². The molecule has 2 unspecified atom stereocenters. The van der Waals surface area contributed by atoms with E-state index in [0.717, 1.165) is 18.9 Å². The highest BCUT2D eigenvalue weighted by atomic mass is 35.7. The fourth-order valence-corrected chi connectivity index (χ4v) is 2.70. The highest BCUT2D eigenvalue weighted by Crippen LogP contribution is 2.25. The van der Waals surface area contributed by atoms with Crippen LogP contribution in [0.1, 0.15) is 19.8 Å². The van der Waals surface area contributed by atoms with Crippen LogP contribution in [0.3, 0.4) is 0 Å². The van der Waals surface area contributed by atoms with Gasteiger partial charge in [0.1, 0.15) is 6.61 Å². The van der Waals surface area contributed by atoms with E-state index >= 15 is 0 Å². The van der Waals surface area contributed by atoms with Gasteiger partial charge in [-0.05, 0) is 38.0 Å². The normalized spacial score (nSPS) is 23.5. The van der Waals surface area contributed by atoms with Crippen LogP contribution in [0.4, 0.5) is 4.39 Å². The molecular weight excluding hydrogens is 295 g/mol. The van der Waals surface area contributed by atoms with Gasteiger partial charge in [0, 0.05) is 10.7 Å². The third-order valence-corrected chi connectivity index (χ3v) is 4.28. The zero-order valence-electron chi connectivity index (χ0n) is 10.3. The number of halogens is 2. The number of ether oxygens (including phenoxy) is 2. The van der Waals surface area contributed by atoms with Gasteiger partial charge in [0.15, 0.2) is 11.6 Å². The molecule has 1 heterocycles. The lowest BCUT2D eigenvalue weighted by Crippen LogP contribution is -2.18. The van der Waals surface area contributed by atoms with Crippen molar-refractivity contribution in [1.29, 1.82) is 0 Å². The Hall–Kier alpha value is -0.850. The molecular formula is C12H14ClFO4S. The molecule has 0 bridgehead atoms. The molecule has 0 aromatic heterocycles. The van der Waals surface area contributed by atoms with Gasteiger partial charge in [0.2, 0.25) is 0 Å². The molecule has 0 saturated carbocycles. The molecule has 19 heavy (non-hydrogen) atoms. The zero-order chi connectivity index (χ0) is 14.0. The molecule has 1 aromatic rings. The van der Waals surface area contributed by atoms with Crippen LogP contribution in [-0.2, 0) is 13.8 Å². The van der Waals surface area contributed by atoms with Crippen LogP contribution >= 0.6 is 10.7 Å². The monoisotopic (exact) mass is 308 g/mol. The van der Waals surface area contributed by atoms with Crippen molar-refractivity contribution >= 4 is 19.7 Å². The second-order valence-corrected chi connectivity index (χ2v) is 7.05. The molecule has 1 fully saturated rings. The van der Waals surface area contributed by atoms with Gasteiger partial charge in [0.05, 0.1) is 17.1 Å². The van der Waals surface area contributed by atoms with Crippen molar-refractivity contribution in [3.05, 3.63) is 24.0 Å². The summed E-state index contributed by atoms with van der Waals surface area (Å²) in [6.45, 7) is 2.22. The average molecular weight is 309 g/mol. The lowest BCUT2D eigenvalue weighted by molar-refractivity contribution is 0.0256. The Morgan fingerprint density at radius 2 is 2.21 bits per heavy atom. The summed E-state index contributed by atoms with van der Waals surface area (Å²) in [6, 6.07) is 3.30. The molecule has 2 rings (SSSR count). The first kappa shape index (κ1) is 14.6. The van der Waals surface area contributed by atoms with Gasteiger partial charge in [-0.1, -0.05) is 0 Å². The van der Waals surface area contributed by atoms with E-state index in [0.29, 0.717) is 0 Å². The zero-order valence-corrected chi connectivity index (χ0v) is 11.9. The van der Waals surface area contributed by atoms with E-state index < -0.39 is 14.9 Å². The smallest absolute Gasteiger partial charge is 0.261 e. The fourth-order valence-electron chi connectivity index (χ4n) is 1.94. The summed E-state index contributed by atoms with van der Waals surface area (Å²) in [7, 11) is 1.20. The molecule has 0 aliphatic carbocycles. The van der Waals surface area contributed by atoms with Crippen molar-refractivity contribution in [3.63, 3.8) is 0 Å². The largest absolute Gasteiger partial charge is 0.488 e. The summed E-state index contributed by atoms with van der Waals surface area (Å²) >= 11 is 0. The van der Waals surface area contributed by atoms with Crippen LogP contribution < -0.4 is 4.74 Å². The number of hydrogen-bond donors (Lipinski definition) is 0. The van der Waals surface area contributed by atoms with Gasteiger partial charge in [-0.25, -0.2) is 12.8 Å². The molecule has 0 spiro atoms. The quantitative estimate of drug-likeness (QED) is 0.803. The van der Waals surface area contributed by atoms with E-state index in [1.807, 2.05) is 6.92 Å². The van der Waals surface area contributed by atoms with Crippen LogP contribution in [0.25, 0.3) is 0 Å². The van der Waals surface area contributed by atoms with Crippen LogP contribution in [0.5, 0.6) is 5.75 Å². The minimum Gasteiger partial charge on any atom is -0.488 e. The van der Waals surface area contributed by atoms with Gasteiger partial charge >= 0.3 is 0 Å². The van der Waals surface area contributed by atoms with Gasteiger partial charge in [-0.3, -0.25) is 0 Å². The van der Waals surface area contributed by atoms with Gasteiger partial charge in [-0.2, -0.15) is 0 Å². The summed E-state index contributed by atoms with van der Waals surface area (Å²) in [4.78, 5) is -0.287. The highest BCUT2D eigenvalue weighted by Gasteiger charge is 2.23. The Morgan fingerprint density at radius 1 is 1.47 bits per heavy atom. The maximum atomic E-state index is 13.6. The standard InChI is InChI=1S/C12H14ClFO4S/c1-8-2-3-9(18-8)7-17-12-5-4-10(6-11(12)14)19(13,15)16/h4-6,8-9H,2-3,7H2,1H3. The second-order valence-electron chi connectivity index (χ2n) is 4.49. The van der Waals surface area contributed by atoms with E-state index in [4.69, 9.17) is 20.2 Å². The Labute approximate surface area is 115 Å². The summed E-state index contributed by atoms with van der Waals surface area (Å²) in [5, 5.41) is 0. The summed E-state index contributed by atoms with van der Waals surface area (Å²) in [5.41, 5.74) is 0. The number of benzene rings is 1. The van der Waals surface area contributed by atoms with Gasteiger partial charge in [0.25, 0.3) is 9.05 Å². The Morgan fingerprint density at radius 3 is 2.74 bits per heavy atom. The van der Waals surface area contributed by atoms with Crippen molar-refractivity contribution in [2.45, 2.75) is 36.9 Å². The Kier molecular flexibility index (Phi) is 4.32. The lowest BCUT2D eigenvalue weighted by atomic mass is 10.2. The van der Waals surface area contributed by atoms with E-state index in [2.05, 4.69) is 0 Å². The minimum absolute atomic E-state index is 0.00720. The van der Waals surface area contributed by atoms with E-state index in [1.54, 1.807) is 0 Å². The van der Waals surface area contributed by atoms with Crippen molar-refractivity contribution in [2.75, 3.05) is 6.61 Å². The molecule has 7 heteroatoms. The number of hydrogen-bond acceptors (Lipinski definition) is 4. The summed E-state index contributed by atoms with van der Waals surface area (Å²) in [5.74, 6) is -0.764. The molecule has 0 amide bonds. The van der Waals surface area contributed by atoms with Crippen LogP contribution in [0.15, 0.2) is 23.1 Å². The van der Waals surface area contributed by atoms with Crippen molar-refractivity contribution in [1.82, 2.24) is 0 Å². The van der Waals surface area contributed by atoms with Crippen molar-refractivity contribution in [2.24, 2.45) is 0 Å². The predicted octanol–water partition coefficient (Wildman–Crippen LogP) is 2.70. The summed E-state index contributed by atoms with van der Waals surface area (Å²) < 4.78 is 46.6. The number of rotatable bonds is 4. The fraction of sp³-hybridized carbons (Fsp3) is 0.500. The first-order valence-electron chi connectivity index (χ1n) is 5.89. The second kappa shape index (κ2) is 5.64. The molecule has 1 aliphatic rings. The minimum atomic E-state index is -3.93. The van der Waals surface area contributed by atoms with Crippen molar-refractivity contribution < 1.29 is 22.3 Å². The molecule has 106 valence electrons. The third-order valence-electron chi connectivity index (χ3n) is 2.93. The molecule has 1 aromatic carbocycles. The molecule has 4 nitrogen and oxygen atoms in total. The Balaban J connectivity index is 2.02. The van der Waals surface area contributed by atoms with Gasteiger partial charge in [-0.15, -0.1) is 0 Å². The molecule has 2 atom stereocenters. The van der Waals surface area contributed by atoms with Crippen molar-refractivity contribution in [3.8, 4) is 5.75 Å². The van der Waals surface area contributed by atoms with Crippen LogP contribution in [0.2, 0.25) is 0 Å². The molecule has 1 aliphatic heterocycles. The average Bonchev–Trinajstić information content (AvgIpc) is 2.72. The van der Waals surface area contributed by atoms with Gasteiger partial charge < -0.3 is 9.47 Å². The van der Waals surface area contributed by atoms with E-state index in [-0.39, 0.29) is 29.5 Å². The molecule has 0 radical (unpaired) electrons. The van der Waals surface area contributed by atoms with E-state index in [9.17, 15) is 12.8 Å². The first-order chi connectivity index (χ1) is 8.86. The molecule has 1 saturated heterocycles. The van der Waals surface area contributed by atoms with Crippen LogP contribution in [-0.4, -0.2) is 27.2 Å². The maximum Gasteiger partial charge on any atom is 0.261 e. The maximum absolute atomic E-state index is 13.6.